The molecule has 0 radical (unpaired) electrons. The highest BCUT2D eigenvalue weighted by Crippen LogP contribution is 2.28. The Kier molecular flexibility index (Phi) is 4.30. The zero-order chi connectivity index (χ0) is 16.5. The van der Waals surface area contributed by atoms with Crippen LogP contribution in [0, 0.1) is 6.92 Å². The fourth-order valence-electron chi connectivity index (χ4n) is 2.41. The Morgan fingerprint density at radius 2 is 2.05 bits per heavy atom. The van der Waals surface area contributed by atoms with Gasteiger partial charge >= 0.3 is 12.1 Å². The number of anilines is 1. The van der Waals surface area contributed by atoms with E-state index < -0.39 is 24.0 Å². The maximum absolute atomic E-state index is 12.5. The molecule has 0 aromatic heterocycles. The van der Waals surface area contributed by atoms with Gasteiger partial charge in [-0.1, -0.05) is 6.07 Å². The molecule has 1 saturated heterocycles. The zero-order valence-electron chi connectivity index (χ0n) is 11.8. The first-order valence-electron chi connectivity index (χ1n) is 6.68. The van der Waals surface area contributed by atoms with E-state index in [2.05, 4.69) is 5.32 Å². The number of nitrogens with zero attached hydrogens (tertiary/aromatic N) is 1. The Hall–Kier alpha value is -2.25. The van der Waals surface area contributed by atoms with E-state index in [0.717, 1.165) is 5.56 Å². The Labute approximate surface area is 124 Å². The predicted molar refractivity (Wildman–Crippen MR) is 72.3 cm³/mol. The van der Waals surface area contributed by atoms with E-state index in [1.807, 2.05) is 0 Å². The van der Waals surface area contributed by atoms with Gasteiger partial charge in [-0.05, 0) is 37.5 Å². The third kappa shape index (κ3) is 3.32. The number of amides is 2. The second kappa shape index (κ2) is 5.86. The van der Waals surface area contributed by atoms with Crippen LogP contribution in [0.1, 0.15) is 18.4 Å². The largest absolute Gasteiger partial charge is 0.506 e. The van der Waals surface area contributed by atoms with E-state index in [0.29, 0.717) is 11.3 Å². The molecular formula is C14H15F3N2O3. The molecule has 1 aliphatic heterocycles. The van der Waals surface area contributed by atoms with Crippen LogP contribution < -0.4 is 5.32 Å². The van der Waals surface area contributed by atoms with E-state index in [9.17, 15) is 27.9 Å². The van der Waals surface area contributed by atoms with Crippen molar-refractivity contribution in [1.29, 1.82) is 0 Å². The first-order valence-corrected chi connectivity index (χ1v) is 6.68. The molecule has 2 N–H and O–H groups in total. The average molecular weight is 316 g/mol. The van der Waals surface area contributed by atoms with E-state index in [4.69, 9.17) is 0 Å². The second-order valence-corrected chi connectivity index (χ2v) is 5.16. The molecule has 0 spiro atoms. The predicted octanol–water partition coefficient (Wildman–Crippen LogP) is 2.19. The maximum atomic E-state index is 12.5. The molecule has 1 atom stereocenters. The van der Waals surface area contributed by atoms with Crippen molar-refractivity contribution >= 4 is 17.5 Å². The van der Waals surface area contributed by atoms with Gasteiger partial charge in [0.25, 0.3) is 0 Å². The highest BCUT2D eigenvalue weighted by atomic mass is 19.4. The molecule has 8 heteroatoms. The third-order valence-corrected chi connectivity index (χ3v) is 3.47. The minimum atomic E-state index is -5.01. The van der Waals surface area contributed by atoms with Crippen LogP contribution >= 0.6 is 0 Å². The lowest BCUT2D eigenvalue weighted by Crippen LogP contribution is -2.48. The highest BCUT2D eigenvalue weighted by Gasteiger charge is 2.47. The van der Waals surface area contributed by atoms with Crippen LogP contribution in [-0.4, -0.2) is 40.6 Å². The summed E-state index contributed by atoms with van der Waals surface area (Å²) < 4.78 is 37.5. The summed E-state index contributed by atoms with van der Waals surface area (Å²) in [5.41, 5.74) is 0.868. The number of halogens is 3. The summed E-state index contributed by atoms with van der Waals surface area (Å²) in [5.74, 6) is -2.94. The van der Waals surface area contributed by atoms with Gasteiger partial charge in [-0.25, -0.2) is 0 Å². The van der Waals surface area contributed by atoms with Crippen molar-refractivity contribution in [3.05, 3.63) is 23.8 Å². The fraction of sp³-hybridized carbons (Fsp3) is 0.429. The number of rotatable bonds is 2. The lowest BCUT2D eigenvalue weighted by Gasteiger charge is -2.24. The van der Waals surface area contributed by atoms with Crippen molar-refractivity contribution in [2.75, 3.05) is 11.9 Å². The van der Waals surface area contributed by atoms with Crippen LogP contribution in [0.5, 0.6) is 5.75 Å². The normalized spacial score (nSPS) is 18.4. The van der Waals surface area contributed by atoms with E-state index >= 15 is 0 Å². The molecule has 120 valence electrons. The lowest BCUT2D eigenvalue weighted by atomic mass is 10.1. The highest BCUT2D eigenvalue weighted by molar-refractivity contribution is 5.99. The first-order chi connectivity index (χ1) is 10.2. The van der Waals surface area contributed by atoms with Crippen molar-refractivity contribution < 1.29 is 27.9 Å². The van der Waals surface area contributed by atoms with Crippen molar-refractivity contribution in [3.63, 3.8) is 0 Å². The molecule has 1 aromatic carbocycles. The van der Waals surface area contributed by atoms with Gasteiger partial charge in [-0.15, -0.1) is 0 Å². The number of nitrogens with one attached hydrogen (secondary N) is 1. The molecule has 22 heavy (non-hydrogen) atoms. The van der Waals surface area contributed by atoms with Crippen LogP contribution in [0.4, 0.5) is 18.9 Å². The molecule has 0 bridgehead atoms. The second-order valence-electron chi connectivity index (χ2n) is 5.16. The number of likely N-dealkylation sites (tertiary alicyclic amines) is 1. The van der Waals surface area contributed by atoms with E-state index in [-0.39, 0.29) is 24.4 Å². The number of phenols is 1. The van der Waals surface area contributed by atoms with Crippen LogP contribution in [0.2, 0.25) is 0 Å². The molecule has 2 amide bonds. The summed E-state index contributed by atoms with van der Waals surface area (Å²) in [7, 11) is 0. The Morgan fingerprint density at radius 1 is 1.36 bits per heavy atom. The van der Waals surface area contributed by atoms with Gasteiger partial charge in [-0.2, -0.15) is 13.2 Å². The van der Waals surface area contributed by atoms with Crippen molar-refractivity contribution in [3.8, 4) is 5.75 Å². The van der Waals surface area contributed by atoms with Gasteiger partial charge in [0.1, 0.15) is 11.8 Å². The van der Waals surface area contributed by atoms with Gasteiger partial charge in [0.2, 0.25) is 5.91 Å². The minimum Gasteiger partial charge on any atom is -0.506 e. The number of benzene rings is 1. The summed E-state index contributed by atoms with van der Waals surface area (Å²) >= 11 is 0. The quantitative estimate of drug-likeness (QED) is 0.822. The SMILES string of the molecule is Cc1ccc(NC(=O)C2CCCN2C(=O)C(F)(F)F)c(O)c1. The van der Waals surface area contributed by atoms with Crippen LogP contribution in [0.25, 0.3) is 0 Å². The van der Waals surface area contributed by atoms with Crippen molar-refractivity contribution in [2.24, 2.45) is 0 Å². The van der Waals surface area contributed by atoms with Crippen molar-refractivity contribution in [1.82, 2.24) is 4.90 Å². The van der Waals surface area contributed by atoms with E-state index in [1.54, 1.807) is 13.0 Å². The van der Waals surface area contributed by atoms with Gasteiger partial charge < -0.3 is 15.3 Å². The van der Waals surface area contributed by atoms with Crippen molar-refractivity contribution in [2.45, 2.75) is 32.0 Å². The molecule has 1 aliphatic rings. The average Bonchev–Trinajstić information content (AvgIpc) is 2.89. The van der Waals surface area contributed by atoms with Crippen LogP contribution in [0.3, 0.4) is 0 Å². The first kappa shape index (κ1) is 16.1. The minimum absolute atomic E-state index is 0.0990. The molecule has 5 nitrogen and oxygen atoms in total. The number of hydrogen-bond donors (Lipinski definition) is 2. The van der Waals surface area contributed by atoms with Gasteiger partial charge in [0, 0.05) is 6.54 Å². The standard InChI is InChI=1S/C14H15F3N2O3/c1-8-4-5-9(11(20)7-8)18-12(21)10-3-2-6-19(10)13(22)14(15,16)17/h4-5,7,10,20H,2-3,6H2,1H3,(H,18,21). The Balaban J connectivity index is 2.13. The molecule has 1 unspecified atom stereocenters. The summed E-state index contributed by atoms with van der Waals surface area (Å²) in [6.07, 6.45) is -4.53. The smallest absolute Gasteiger partial charge is 0.471 e. The topological polar surface area (TPSA) is 69.6 Å². The van der Waals surface area contributed by atoms with Gasteiger partial charge in [0.05, 0.1) is 5.69 Å². The maximum Gasteiger partial charge on any atom is 0.471 e. The summed E-state index contributed by atoms with van der Waals surface area (Å²) in [4.78, 5) is 24.0. The number of aryl methyl sites for hydroxylation is 1. The summed E-state index contributed by atoms with van der Waals surface area (Å²) in [6.45, 7) is 1.63. The molecule has 0 aliphatic carbocycles. The van der Waals surface area contributed by atoms with Crippen LogP contribution in [0.15, 0.2) is 18.2 Å². The molecule has 1 aromatic rings. The Bertz CT molecular complexity index is 601. The van der Waals surface area contributed by atoms with Crippen LogP contribution in [-0.2, 0) is 9.59 Å². The number of alkyl halides is 3. The number of phenolic OH excluding ortho intramolecular Hbond substituents is 1. The van der Waals surface area contributed by atoms with Gasteiger partial charge in [-0.3, -0.25) is 9.59 Å². The fourth-order valence-corrected chi connectivity index (χ4v) is 2.41. The molecule has 2 rings (SSSR count). The van der Waals surface area contributed by atoms with E-state index in [1.165, 1.54) is 12.1 Å². The zero-order valence-corrected chi connectivity index (χ0v) is 11.8. The molecule has 0 saturated carbocycles. The number of carbonyl (C=O) groups is 2. The molecule has 1 heterocycles. The number of carbonyl (C=O) groups excluding carboxylic acids is 2. The number of hydrogen-bond acceptors (Lipinski definition) is 3. The lowest BCUT2D eigenvalue weighted by molar-refractivity contribution is -0.186. The molecule has 1 fully saturated rings. The summed E-state index contributed by atoms with van der Waals surface area (Å²) in [5, 5.41) is 12.1. The summed E-state index contributed by atoms with van der Waals surface area (Å²) in [6, 6.07) is 3.33. The number of aromatic hydroxyl groups is 1. The van der Waals surface area contributed by atoms with Gasteiger partial charge in [0.15, 0.2) is 0 Å². The molecular weight excluding hydrogens is 301 g/mol. The monoisotopic (exact) mass is 316 g/mol. The third-order valence-electron chi connectivity index (χ3n) is 3.47. The Morgan fingerprint density at radius 3 is 2.64 bits per heavy atom.